The summed E-state index contributed by atoms with van der Waals surface area (Å²) in [7, 11) is 0. The average Bonchev–Trinajstić information content (AvgIpc) is 3.28. The SMILES string of the molecule is O=C(Nc1ccc(OCc2ccccc2)cc1)c1ncn(CC(O)c2ccccc2)n1. The number of aromatic nitrogens is 3. The van der Waals surface area contributed by atoms with Gasteiger partial charge in [0.1, 0.15) is 18.7 Å². The Morgan fingerprint density at radius 1 is 0.968 bits per heavy atom. The van der Waals surface area contributed by atoms with Crippen molar-refractivity contribution in [1.82, 2.24) is 14.8 Å². The topological polar surface area (TPSA) is 89.3 Å². The van der Waals surface area contributed by atoms with Gasteiger partial charge in [0.15, 0.2) is 0 Å². The molecule has 0 aliphatic rings. The number of carbonyl (C=O) groups is 1. The maximum atomic E-state index is 12.4. The predicted molar refractivity (Wildman–Crippen MR) is 117 cm³/mol. The first-order valence-electron chi connectivity index (χ1n) is 9.88. The van der Waals surface area contributed by atoms with Crippen molar-refractivity contribution in [3.8, 4) is 5.75 Å². The Labute approximate surface area is 180 Å². The van der Waals surface area contributed by atoms with Gasteiger partial charge in [-0.2, -0.15) is 0 Å². The fourth-order valence-electron chi connectivity index (χ4n) is 3.01. The van der Waals surface area contributed by atoms with Crippen LogP contribution in [0.4, 0.5) is 5.69 Å². The maximum absolute atomic E-state index is 12.4. The third kappa shape index (κ3) is 5.55. The minimum atomic E-state index is -0.734. The maximum Gasteiger partial charge on any atom is 0.295 e. The fraction of sp³-hybridized carbons (Fsp3) is 0.125. The molecule has 0 aliphatic carbocycles. The minimum Gasteiger partial charge on any atom is -0.489 e. The number of aliphatic hydroxyl groups excluding tert-OH is 1. The summed E-state index contributed by atoms with van der Waals surface area (Å²) >= 11 is 0. The number of ether oxygens (including phenoxy) is 1. The normalized spacial score (nSPS) is 11.6. The highest BCUT2D eigenvalue weighted by Gasteiger charge is 2.14. The van der Waals surface area contributed by atoms with Crippen LogP contribution >= 0.6 is 0 Å². The van der Waals surface area contributed by atoms with Crippen molar-refractivity contribution in [2.24, 2.45) is 0 Å². The molecule has 0 bridgehead atoms. The standard InChI is InChI=1S/C24H22N4O3/c29-22(19-9-5-2-6-10-19)15-28-17-25-23(27-28)24(30)26-20-11-13-21(14-12-20)31-16-18-7-3-1-4-8-18/h1-14,17,22,29H,15-16H2,(H,26,30). The van der Waals surface area contributed by atoms with Crippen molar-refractivity contribution in [3.63, 3.8) is 0 Å². The van der Waals surface area contributed by atoms with E-state index in [1.54, 1.807) is 24.3 Å². The number of nitrogens with zero attached hydrogens (tertiary/aromatic N) is 3. The first-order valence-corrected chi connectivity index (χ1v) is 9.88. The van der Waals surface area contributed by atoms with E-state index in [-0.39, 0.29) is 12.4 Å². The summed E-state index contributed by atoms with van der Waals surface area (Å²) < 4.78 is 7.20. The molecule has 0 aliphatic heterocycles. The zero-order valence-electron chi connectivity index (χ0n) is 16.8. The van der Waals surface area contributed by atoms with E-state index in [1.165, 1.54) is 11.0 Å². The summed E-state index contributed by atoms with van der Waals surface area (Å²) in [6.45, 7) is 0.681. The highest BCUT2D eigenvalue weighted by Crippen LogP contribution is 2.18. The second-order valence-electron chi connectivity index (χ2n) is 6.97. The van der Waals surface area contributed by atoms with Crippen LogP contribution in [0.25, 0.3) is 0 Å². The molecule has 1 amide bonds. The van der Waals surface area contributed by atoms with Crippen LogP contribution in [0, 0.1) is 0 Å². The Bertz CT molecular complexity index is 1110. The number of nitrogens with one attached hydrogen (secondary N) is 1. The Morgan fingerprint density at radius 2 is 1.65 bits per heavy atom. The van der Waals surface area contributed by atoms with E-state index in [9.17, 15) is 9.90 Å². The molecule has 3 aromatic carbocycles. The molecule has 4 rings (SSSR count). The number of hydrogen-bond acceptors (Lipinski definition) is 5. The van der Waals surface area contributed by atoms with Gasteiger partial charge in [-0.15, -0.1) is 5.10 Å². The van der Waals surface area contributed by atoms with Crippen LogP contribution in [0.3, 0.4) is 0 Å². The Kier molecular flexibility index (Phi) is 6.35. The van der Waals surface area contributed by atoms with Crippen LogP contribution in [0.2, 0.25) is 0 Å². The quantitative estimate of drug-likeness (QED) is 0.457. The highest BCUT2D eigenvalue weighted by molar-refractivity contribution is 6.01. The predicted octanol–water partition coefficient (Wildman–Crippen LogP) is 3.84. The van der Waals surface area contributed by atoms with E-state index in [4.69, 9.17) is 4.74 Å². The number of rotatable bonds is 8. The van der Waals surface area contributed by atoms with Gasteiger partial charge >= 0.3 is 0 Å². The van der Waals surface area contributed by atoms with Gasteiger partial charge in [0.25, 0.3) is 5.91 Å². The van der Waals surface area contributed by atoms with Crippen molar-refractivity contribution in [3.05, 3.63) is 108 Å². The number of hydrogen-bond donors (Lipinski definition) is 2. The first kappa shape index (κ1) is 20.3. The van der Waals surface area contributed by atoms with Crippen LogP contribution in [-0.4, -0.2) is 25.8 Å². The molecule has 4 aromatic rings. The van der Waals surface area contributed by atoms with E-state index in [0.29, 0.717) is 18.0 Å². The van der Waals surface area contributed by atoms with Gasteiger partial charge in [-0.25, -0.2) is 9.67 Å². The van der Waals surface area contributed by atoms with E-state index in [2.05, 4.69) is 15.4 Å². The largest absolute Gasteiger partial charge is 0.489 e. The summed E-state index contributed by atoms with van der Waals surface area (Å²) in [5.41, 5.74) is 2.47. The third-order valence-electron chi connectivity index (χ3n) is 4.64. The lowest BCUT2D eigenvalue weighted by Crippen LogP contribution is -2.15. The van der Waals surface area contributed by atoms with Gasteiger partial charge in [0, 0.05) is 5.69 Å². The van der Waals surface area contributed by atoms with Gasteiger partial charge in [-0.05, 0) is 35.4 Å². The molecule has 0 radical (unpaired) electrons. The molecule has 1 atom stereocenters. The van der Waals surface area contributed by atoms with E-state index < -0.39 is 12.0 Å². The fourth-order valence-corrected chi connectivity index (χ4v) is 3.01. The molecule has 7 nitrogen and oxygen atoms in total. The van der Waals surface area contributed by atoms with Gasteiger partial charge in [-0.1, -0.05) is 60.7 Å². The summed E-state index contributed by atoms with van der Waals surface area (Å²) in [5.74, 6) is 0.315. The molecule has 0 spiro atoms. The molecule has 7 heteroatoms. The first-order chi connectivity index (χ1) is 15.2. The van der Waals surface area contributed by atoms with Crippen LogP contribution in [0.5, 0.6) is 5.75 Å². The number of anilines is 1. The molecule has 1 unspecified atom stereocenters. The lowest BCUT2D eigenvalue weighted by atomic mass is 10.1. The van der Waals surface area contributed by atoms with Crippen molar-refractivity contribution in [2.75, 3.05) is 5.32 Å². The van der Waals surface area contributed by atoms with Crippen LogP contribution in [-0.2, 0) is 13.2 Å². The van der Waals surface area contributed by atoms with Crippen molar-refractivity contribution < 1.29 is 14.6 Å². The molecule has 0 saturated heterocycles. The number of amides is 1. The molecular formula is C24H22N4O3. The number of benzene rings is 3. The van der Waals surface area contributed by atoms with E-state index in [0.717, 1.165) is 11.1 Å². The minimum absolute atomic E-state index is 0.0321. The van der Waals surface area contributed by atoms with Crippen molar-refractivity contribution in [2.45, 2.75) is 19.3 Å². The summed E-state index contributed by atoms with van der Waals surface area (Å²) in [6, 6.07) is 26.3. The molecule has 1 aromatic heterocycles. The molecular weight excluding hydrogens is 392 g/mol. The van der Waals surface area contributed by atoms with Crippen LogP contribution in [0.1, 0.15) is 27.8 Å². The lowest BCUT2D eigenvalue weighted by molar-refractivity contribution is 0.101. The average molecular weight is 414 g/mol. The molecule has 0 fully saturated rings. The monoisotopic (exact) mass is 414 g/mol. The second kappa shape index (κ2) is 9.69. The molecule has 2 N–H and O–H groups in total. The van der Waals surface area contributed by atoms with Crippen LogP contribution in [0.15, 0.2) is 91.3 Å². The highest BCUT2D eigenvalue weighted by atomic mass is 16.5. The Hall–Kier alpha value is -3.97. The Morgan fingerprint density at radius 3 is 2.35 bits per heavy atom. The zero-order chi connectivity index (χ0) is 21.5. The molecule has 156 valence electrons. The number of aliphatic hydroxyl groups is 1. The van der Waals surface area contributed by atoms with Gasteiger partial charge < -0.3 is 15.2 Å². The molecule has 1 heterocycles. The van der Waals surface area contributed by atoms with Crippen molar-refractivity contribution >= 4 is 11.6 Å². The van der Waals surface area contributed by atoms with Crippen LogP contribution < -0.4 is 10.1 Å². The van der Waals surface area contributed by atoms with Crippen molar-refractivity contribution in [1.29, 1.82) is 0 Å². The molecule has 31 heavy (non-hydrogen) atoms. The van der Waals surface area contributed by atoms with Gasteiger partial charge in [-0.3, -0.25) is 4.79 Å². The lowest BCUT2D eigenvalue weighted by Gasteiger charge is -2.10. The van der Waals surface area contributed by atoms with Gasteiger partial charge in [0.2, 0.25) is 5.82 Å². The second-order valence-corrected chi connectivity index (χ2v) is 6.97. The van der Waals surface area contributed by atoms with Gasteiger partial charge in [0.05, 0.1) is 12.6 Å². The summed E-state index contributed by atoms with van der Waals surface area (Å²) in [5, 5.41) is 17.2. The zero-order valence-corrected chi connectivity index (χ0v) is 16.8. The van der Waals surface area contributed by atoms with E-state index >= 15 is 0 Å². The summed E-state index contributed by atoms with van der Waals surface area (Å²) in [6.07, 6.45) is 0.698. The number of carbonyl (C=O) groups excluding carboxylic acids is 1. The summed E-state index contributed by atoms with van der Waals surface area (Å²) in [4.78, 5) is 16.5. The van der Waals surface area contributed by atoms with E-state index in [1.807, 2.05) is 60.7 Å². The third-order valence-corrected chi connectivity index (χ3v) is 4.64. The Balaban J connectivity index is 1.31. The smallest absolute Gasteiger partial charge is 0.295 e. The molecule has 0 saturated carbocycles.